The summed E-state index contributed by atoms with van der Waals surface area (Å²) < 4.78 is 0. The van der Waals surface area contributed by atoms with Crippen molar-refractivity contribution in [1.29, 1.82) is 0 Å². The van der Waals surface area contributed by atoms with Gasteiger partial charge in [0.05, 0.1) is 0 Å². The summed E-state index contributed by atoms with van der Waals surface area (Å²) in [5.41, 5.74) is 8.50. The topological polar surface area (TPSA) is 38.0 Å². The van der Waals surface area contributed by atoms with Crippen LogP contribution < -0.4 is 11.1 Å². The summed E-state index contributed by atoms with van der Waals surface area (Å²) >= 11 is 0. The molecular formula is C11H18N2. The molecule has 72 valence electrons. The number of hydrogen-bond donors (Lipinski definition) is 2. The van der Waals surface area contributed by atoms with Crippen molar-refractivity contribution in [3.05, 3.63) is 35.4 Å². The van der Waals surface area contributed by atoms with E-state index in [2.05, 4.69) is 36.5 Å². The molecule has 0 fully saturated rings. The Hall–Kier alpha value is -0.860. The third kappa shape index (κ3) is 3.17. The first-order valence-electron chi connectivity index (χ1n) is 4.71. The average Bonchev–Trinajstić information content (AvgIpc) is 2.15. The molecule has 0 amide bonds. The van der Waals surface area contributed by atoms with Gasteiger partial charge in [-0.3, -0.25) is 0 Å². The smallest absolute Gasteiger partial charge is 0.0306 e. The molecule has 0 aliphatic heterocycles. The number of nitrogens with one attached hydrogen (secondary N) is 1. The van der Waals surface area contributed by atoms with E-state index < -0.39 is 0 Å². The fraction of sp³-hybridized carbons (Fsp3) is 0.455. The van der Waals surface area contributed by atoms with Crippen molar-refractivity contribution in [2.45, 2.75) is 19.4 Å². The summed E-state index contributed by atoms with van der Waals surface area (Å²) in [6.07, 6.45) is 0.986. The molecule has 1 aromatic carbocycles. The van der Waals surface area contributed by atoms with Crippen molar-refractivity contribution < 1.29 is 0 Å². The lowest BCUT2D eigenvalue weighted by atomic mass is 10.0. The Morgan fingerprint density at radius 2 is 1.92 bits per heavy atom. The highest BCUT2D eigenvalue weighted by Gasteiger charge is 2.03. The SMILES string of the molecule is CNCCC(N)c1ccc(C)cc1. The van der Waals surface area contributed by atoms with Gasteiger partial charge in [-0.25, -0.2) is 0 Å². The van der Waals surface area contributed by atoms with Crippen molar-refractivity contribution >= 4 is 0 Å². The zero-order chi connectivity index (χ0) is 9.68. The van der Waals surface area contributed by atoms with Crippen LogP contribution in [0.5, 0.6) is 0 Å². The number of aryl methyl sites for hydroxylation is 1. The summed E-state index contributed by atoms with van der Waals surface area (Å²) in [5.74, 6) is 0. The fourth-order valence-corrected chi connectivity index (χ4v) is 1.28. The average molecular weight is 178 g/mol. The number of rotatable bonds is 4. The normalized spacial score (nSPS) is 12.8. The van der Waals surface area contributed by atoms with Crippen molar-refractivity contribution in [2.24, 2.45) is 5.73 Å². The zero-order valence-corrected chi connectivity index (χ0v) is 8.38. The minimum atomic E-state index is 0.160. The Morgan fingerprint density at radius 1 is 1.31 bits per heavy atom. The van der Waals surface area contributed by atoms with Gasteiger partial charge in [-0.15, -0.1) is 0 Å². The maximum atomic E-state index is 5.99. The summed E-state index contributed by atoms with van der Waals surface area (Å²) in [6.45, 7) is 3.05. The van der Waals surface area contributed by atoms with Crippen LogP contribution in [0.25, 0.3) is 0 Å². The maximum absolute atomic E-state index is 5.99. The molecule has 2 heteroatoms. The minimum absolute atomic E-state index is 0.160. The third-order valence-corrected chi connectivity index (χ3v) is 2.21. The molecular weight excluding hydrogens is 160 g/mol. The Labute approximate surface area is 80.1 Å². The first-order chi connectivity index (χ1) is 6.24. The Kier molecular flexibility index (Phi) is 3.93. The molecule has 0 bridgehead atoms. The van der Waals surface area contributed by atoms with Gasteiger partial charge >= 0.3 is 0 Å². The van der Waals surface area contributed by atoms with Gasteiger partial charge in [-0.1, -0.05) is 29.8 Å². The number of hydrogen-bond acceptors (Lipinski definition) is 2. The molecule has 0 aliphatic carbocycles. The number of benzene rings is 1. The van der Waals surface area contributed by atoms with Crippen LogP contribution in [-0.2, 0) is 0 Å². The standard InChI is InChI=1S/C11H18N2/c1-9-3-5-10(6-4-9)11(12)7-8-13-2/h3-6,11,13H,7-8,12H2,1-2H3. The van der Waals surface area contributed by atoms with Crippen LogP contribution in [-0.4, -0.2) is 13.6 Å². The van der Waals surface area contributed by atoms with E-state index in [1.807, 2.05) is 7.05 Å². The van der Waals surface area contributed by atoms with Gasteiger partial charge in [-0.2, -0.15) is 0 Å². The van der Waals surface area contributed by atoms with E-state index in [0.717, 1.165) is 13.0 Å². The molecule has 0 saturated heterocycles. The van der Waals surface area contributed by atoms with E-state index in [1.54, 1.807) is 0 Å². The van der Waals surface area contributed by atoms with Gasteiger partial charge in [0.1, 0.15) is 0 Å². The maximum Gasteiger partial charge on any atom is 0.0306 e. The van der Waals surface area contributed by atoms with Gasteiger partial charge in [0.2, 0.25) is 0 Å². The predicted molar refractivity (Wildman–Crippen MR) is 56.7 cm³/mol. The molecule has 0 aliphatic rings. The highest BCUT2D eigenvalue weighted by Crippen LogP contribution is 2.13. The molecule has 0 heterocycles. The Morgan fingerprint density at radius 3 is 2.46 bits per heavy atom. The van der Waals surface area contributed by atoms with Crippen molar-refractivity contribution in [1.82, 2.24) is 5.32 Å². The van der Waals surface area contributed by atoms with E-state index in [9.17, 15) is 0 Å². The molecule has 3 N–H and O–H groups in total. The molecule has 0 radical (unpaired) electrons. The van der Waals surface area contributed by atoms with Crippen LogP contribution in [0.1, 0.15) is 23.6 Å². The lowest BCUT2D eigenvalue weighted by Gasteiger charge is -2.11. The molecule has 1 aromatic rings. The highest BCUT2D eigenvalue weighted by atomic mass is 14.8. The van der Waals surface area contributed by atoms with E-state index in [4.69, 9.17) is 5.73 Å². The highest BCUT2D eigenvalue weighted by molar-refractivity contribution is 5.23. The second kappa shape index (κ2) is 5.00. The fourth-order valence-electron chi connectivity index (χ4n) is 1.28. The van der Waals surface area contributed by atoms with Crippen LogP contribution in [0.4, 0.5) is 0 Å². The first kappa shape index (κ1) is 10.2. The van der Waals surface area contributed by atoms with E-state index in [1.165, 1.54) is 11.1 Å². The lowest BCUT2D eigenvalue weighted by Crippen LogP contribution is -2.17. The zero-order valence-electron chi connectivity index (χ0n) is 8.38. The second-order valence-electron chi connectivity index (χ2n) is 3.41. The molecule has 13 heavy (non-hydrogen) atoms. The molecule has 0 aromatic heterocycles. The van der Waals surface area contributed by atoms with E-state index >= 15 is 0 Å². The van der Waals surface area contributed by atoms with Crippen molar-refractivity contribution in [2.75, 3.05) is 13.6 Å². The molecule has 1 rings (SSSR count). The summed E-state index contributed by atoms with van der Waals surface area (Å²) in [6, 6.07) is 8.59. The lowest BCUT2D eigenvalue weighted by molar-refractivity contribution is 0.615. The van der Waals surface area contributed by atoms with Gasteiger partial charge in [0, 0.05) is 6.04 Å². The van der Waals surface area contributed by atoms with Crippen molar-refractivity contribution in [3.8, 4) is 0 Å². The largest absolute Gasteiger partial charge is 0.324 e. The molecule has 0 saturated carbocycles. The third-order valence-electron chi connectivity index (χ3n) is 2.21. The van der Waals surface area contributed by atoms with Gasteiger partial charge in [0.15, 0.2) is 0 Å². The monoisotopic (exact) mass is 178 g/mol. The van der Waals surface area contributed by atoms with Gasteiger partial charge < -0.3 is 11.1 Å². The summed E-state index contributed by atoms with van der Waals surface area (Å²) in [4.78, 5) is 0. The Balaban J connectivity index is 2.55. The van der Waals surface area contributed by atoms with Crippen LogP contribution in [0.15, 0.2) is 24.3 Å². The molecule has 2 nitrogen and oxygen atoms in total. The van der Waals surface area contributed by atoms with Crippen LogP contribution in [0.3, 0.4) is 0 Å². The number of nitrogens with two attached hydrogens (primary N) is 1. The second-order valence-corrected chi connectivity index (χ2v) is 3.41. The molecule has 1 unspecified atom stereocenters. The summed E-state index contributed by atoms with van der Waals surface area (Å²) in [5, 5.41) is 3.10. The van der Waals surface area contributed by atoms with E-state index in [-0.39, 0.29) is 6.04 Å². The molecule has 0 spiro atoms. The van der Waals surface area contributed by atoms with Gasteiger partial charge in [0.25, 0.3) is 0 Å². The Bertz CT molecular complexity index is 241. The minimum Gasteiger partial charge on any atom is -0.324 e. The van der Waals surface area contributed by atoms with Gasteiger partial charge in [-0.05, 0) is 32.5 Å². The quantitative estimate of drug-likeness (QED) is 0.735. The summed E-state index contributed by atoms with van der Waals surface area (Å²) in [7, 11) is 1.95. The van der Waals surface area contributed by atoms with Crippen LogP contribution >= 0.6 is 0 Å². The van der Waals surface area contributed by atoms with Crippen molar-refractivity contribution in [3.63, 3.8) is 0 Å². The van der Waals surface area contributed by atoms with E-state index in [0.29, 0.717) is 0 Å². The molecule has 1 atom stereocenters. The van der Waals surface area contributed by atoms with Crippen LogP contribution in [0.2, 0.25) is 0 Å². The first-order valence-corrected chi connectivity index (χ1v) is 4.71. The van der Waals surface area contributed by atoms with Crippen LogP contribution in [0, 0.1) is 6.92 Å². The predicted octanol–water partition coefficient (Wildman–Crippen LogP) is 1.60.